The van der Waals surface area contributed by atoms with E-state index in [4.69, 9.17) is 28.4 Å². The van der Waals surface area contributed by atoms with Crippen LogP contribution in [-0.2, 0) is 14.2 Å². The molecule has 6 heteroatoms. The molecule has 0 aromatic heterocycles. The van der Waals surface area contributed by atoms with Gasteiger partial charge >= 0.3 is 0 Å². The van der Waals surface area contributed by atoms with Crippen LogP contribution in [-0.4, -0.2) is 58.0 Å². The van der Waals surface area contributed by atoms with Crippen molar-refractivity contribution >= 4 is 0 Å². The molecule has 3 aromatic carbocycles. The molecule has 3 aliphatic rings. The highest BCUT2D eigenvalue weighted by atomic mass is 16.5. The molecule has 0 N–H and O–H groups in total. The first-order valence-electron chi connectivity index (χ1n) is 19.3. The molecule has 0 radical (unpaired) electrons. The summed E-state index contributed by atoms with van der Waals surface area (Å²) in [5, 5.41) is 0. The Morgan fingerprint density at radius 2 is 0.612 bits per heavy atom. The summed E-state index contributed by atoms with van der Waals surface area (Å²) in [6.07, 6.45) is 20.0. The highest BCUT2D eigenvalue weighted by Crippen LogP contribution is 2.35. The van der Waals surface area contributed by atoms with Gasteiger partial charge in [-0.05, 0) is 91.6 Å². The van der Waals surface area contributed by atoms with Crippen LogP contribution in [0.4, 0.5) is 0 Å². The quantitative estimate of drug-likeness (QED) is 0.0992. The first kappa shape index (κ1) is 35.8. The number of hydrogen-bond acceptors (Lipinski definition) is 6. The fourth-order valence-corrected chi connectivity index (χ4v) is 7.67. The lowest BCUT2D eigenvalue weighted by Crippen LogP contribution is -2.19. The molecule has 3 aromatic rings. The van der Waals surface area contributed by atoms with Crippen molar-refractivity contribution in [3.05, 3.63) is 89.5 Å². The van der Waals surface area contributed by atoms with Crippen LogP contribution in [0.15, 0.2) is 72.8 Å². The standard InChI is InChI=1S/C43H58O6/c1-4-10-37(11-5-1)44-28-31-47-40-22-16-34(17-23-40)43(35-18-24-41(25-19-35)48-32-29-45-38-12-6-2-7-13-38)36-20-26-42(27-21-36)49-33-30-46-39-14-8-3-9-15-39/h16-27,37-39,43H,1-15,28-33H2. The van der Waals surface area contributed by atoms with E-state index in [-0.39, 0.29) is 5.92 Å². The summed E-state index contributed by atoms with van der Waals surface area (Å²) in [5.41, 5.74) is 3.61. The minimum atomic E-state index is 0.0519. The topological polar surface area (TPSA) is 55.4 Å². The van der Waals surface area contributed by atoms with Gasteiger partial charge in [-0.25, -0.2) is 0 Å². The van der Waals surface area contributed by atoms with Gasteiger partial charge in [-0.2, -0.15) is 0 Å². The maximum absolute atomic E-state index is 6.07. The number of benzene rings is 3. The van der Waals surface area contributed by atoms with Gasteiger partial charge in [0, 0.05) is 5.92 Å². The highest BCUT2D eigenvalue weighted by Gasteiger charge is 2.19. The Balaban J connectivity index is 1.06. The van der Waals surface area contributed by atoms with Crippen molar-refractivity contribution in [1.29, 1.82) is 0 Å². The molecule has 49 heavy (non-hydrogen) atoms. The van der Waals surface area contributed by atoms with Gasteiger partial charge < -0.3 is 28.4 Å². The van der Waals surface area contributed by atoms with Gasteiger partial charge in [0.25, 0.3) is 0 Å². The zero-order valence-corrected chi connectivity index (χ0v) is 29.5. The average Bonchev–Trinajstić information content (AvgIpc) is 3.17. The van der Waals surface area contributed by atoms with E-state index in [1.54, 1.807) is 0 Å². The van der Waals surface area contributed by atoms with E-state index < -0.39 is 0 Å². The number of rotatable bonds is 18. The molecule has 266 valence electrons. The Kier molecular flexibility index (Phi) is 14.6. The fourth-order valence-electron chi connectivity index (χ4n) is 7.67. The molecule has 3 aliphatic carbocycles. The first-order chi connectivity index (χ1) is 24.3. The summed E-state index contributed by atoms with van der Waals surface area (Å²) < 4.78 is 36.4. The van der Waals surface area contributed by atoms with E-state index >= 15 is 0 Å². The summed E-state index contributed by atoms with van der Waals surface area (Å²) in [6, 6.07) is 25.6. The van der Waals surface area contributed by atoms with E-state index in [0.717, 1.165) is 17.2 Å². The third kappa shape index (κ3) is 11.8. The minimum absolute atomic E-state index is 0.0519. The molecule has 0 atom stereocenters. The molecular formula is C43H58O6. The van der Waals surface area contributed by atoms with Gasteiger partial charge in [-0.1, -0.05) is 94.2 Å². The van der Waals surface area contributed by atoms with Gasteiger partial charge in [-0.3, -0.25) is 0 Å². The maximum Gasteiger partial charge on any atom is 0.119 e. The minimum Gasteiger partial charge on any atom is -0.491 e. The first-order valence-corrected chi connectivity index (χ1v) is 19.3. The predicted molar refractivity (Wildman–Crippen MR) is 195 cm³/mol. The molecular weight excluding hydrogens is 612 g/mol. The van der Waals surface area contributed by atoms with Crippen molar-refractivity contribution in [3.63, 3.8) is 0 Å². The van der Waals surface area contributed by atoms with E-state index in [2.05, 4.69) is 72.8 Å². The summed E-state index contributed by atoms with van der Waals surface area (Å²) in [7, 11) is 0. The molecule has 0 aliphatic heterocycles. The number of ether oxygens (including phenoxy) is 6. The zero-order chi connectivity index (χ0) is 33.4. The second kappa shape index (κ2) is 20.0. The molecule has 3 saturated carbocycles. The molecule has 6 nitrogen and oxygen atoms in total. The Bertz CT molecular complexity index is 1140. The smallest absolute Gasteiger partial charge is 0.119 e. The van der Waals surface area contributed by atoms with Crippen molar-refractivity contribution < 1.29 is 28.4 Å². The van der Waals surface area contributed by atoms with Crippen LogP contribution in [0.5, 0.6) is 17.2 Å². The number of hydrogen-bond donors (Lipinski definition) is 0. The van der Waals surface area contributed by atoms with Gasteiger partial charge in [0.15, 0.2) is 0 Å². The van der Waals surface area contributed by atoms with Crippen molar-refractivity contribution in [2.45, 2.75) is 121 Å². The maximum atomic E-state index is 6.07. The molecule has 0 amide bonds. The Hall–Kier alpha value is -3.06. The molecule has 0 spiro atoms. The molecule has 0 saturated heterocycles. The van der Waals surface area contributed by atoms with Gasteiger partial charge in [0.05, 0.1) is 38.1 Å². The van der Waals surface area contributed by atoms with Crippen LogP contribution in [0, 0.1) is 0 Å². The van der Waals surface area contributed by atoms with Crippen LogP contribution in [0.2, 0.25) is 0 Å². The third-order valence-electron chi connectivity index (χ3n) is 10.4. The Morgan fingerprint density at radius 1 is 0.347 bits per heavy atom. The molecule has 0 unspecified atom stereocenters. The molecule has 0 heterocycles. The van der Waals surface area contributed by atoms with Crippen LogP contribution in [0.1, 0.15) is 119 Å². The lowest BCUT2D eigenvalue weighted by atomic mass is 9.85. The van der Waals surface area contributed by atoms with E-state index in [9.17, 15) is 0 Å². The summed E-state index contributed by atoms with van der Waals surface area (Å²) in [5.74, 6) is 2.66. The predicted octanol–water partition coefficient (Wildman–Crippen LogP) is 10.1. The monoisotopic (exact) mass is 670 g/mol. The normalized spacial score (nSPS) is 18.1. The Labute approximate surface area is 294 Å². The van der Waals surface area contributed by atoms with Gasteiger partial charge in [0.2, 0.25) is 0 Å². The van der Waals surface area contributed by atoms with Crippen LogP contribution in [0.25, 0.3) is 0 Å². The largest absolute Gasteiger partial charge is 0.491 e. The SMILES string of the molecule is c1cc(C(c2ccc(OCCOC3CCCCC3)cc2)c2ccc(OCCOC3CCCCC3)cc2)ccc1OCCOC1CCCCC1. The molecule has 3 fully saturated rings. The lowest BCUT2D eigenvalue weighted by molar-refractivity contribution is 0.0129. The third-order valence-corrected chi connectivity index (χ3v) is 10.4. The molecule has 6 rings (SSSR count). The summed E-state index contributed by atoms with van der Waals surface area (Å²) in [4.78, 5) is 0. The van der Waals surface area contributed by atoms with Crippen molar-refractivity contribution in [3.8, 4) is 17.2 Å². The second-order valence-electron chi connectivity index (χ2n) is 14.1. The van der Waals surface area contributed by atoms with Crippen LogP contribution in [0.3, 0.4) is 0 Å². The van der Waals surface area contributed by atoms with Crippen molar-refractivity contribution in [1.82, 2.24) is 0 Å². The summed E-state index contributed by atoms with van der Waals surface area (Å²) in [6.45, 7) is 3.62. The van der Waals surface area contributed by atoms with E-state index in [0.29, 0.717) is 58.0 Å². The van der Waals surface area contributed by atoms with Crippen LogP contribution < -0.4 is 14.2 Å². The van der Waals surface area contributed by atoms with E-state index in [1.807, 2.05) is 0 Å². The second-order valence-corrected chi connectivity index (χ2v) is 14.1. The van der Waals surface area contributed by atoms with Crippen molar-refractivity contribution in [2.75, 3.05) is 39.6 Å². The van der Waals surface area contributed by atoms with Crippen molar-refractivity contribution in [2.24, 2.45) is 0 Å². The van der Waals surface area contributed by atoms with Crippen LogP contribution >= 0.6 is 0 Å². The van der Waals surface area contributed by atoms with Gasteiger partial charge in [-0.15, -0.1) is 0 Å². The summed E-state index contributed by atoms with van der Waals surface area (Å²) >= 11 is 0. The average molecular weight is 671 g/mol. The highest BCUT2D eigenvalue weighted by molar-refractivity contribution is 5.46. The fraction of sp³-hybridized carbons (Fsp3) is 0.581. The lowest BCUT2D eigenvalue weighted by Gasteiger charge is -2.22. The Morgan fingerprint density at radius 3 is 0.878 bits per heavy atom. The van der Waals surface area contributed by atoms with Gasteiger partial charge in [0.1, 0.15) is 37.1 Å². The van der Waals surface area contributed by atoms with E-state index in [1.165, 1.54) is 113 Å². The zero-order valence-electron chi connectivity index (χ0n) is 29.5. The molecule has 0 bridgehead atoms.